The van der Waals surface area contributed by atoms with Crippen molar-refractivity contribution in [3.63, 3.8) is 0 Å². The van der Waals surface area contributed by atoms with E-state index in [-0.39, 0.29) is 0 Å². The average molecular weight is 192 g/mol. The molecule has 1 radical (unpaired) electrons. The summed E-state index contributed by atoms with van der Waals surface area (Å²) in [5.41, 5.74) is 2.32. The predicted molar refractivity (Wildman–Crippen MR) is 54.2 cm³/mol. The van der Waals surface area contributed by atoms with Gasteiger partial charge in [-0.15, -0.1) is 0 Å². The second-order valence-electron chi connectivity index (χ2n) is 3.24. The maximum Gasteiger partial charge on any atom is 0.144 e. The van der Waals surface area contributed by atoms with Crippen LogP contribution in [-0.2, 0) is 11.2 Å². The number of methoxy groups -OCH3 is 1. The zero-order valence-electron chi connectivity index (χ0n) is 8.32. The van der Waals surface area contributed by atoms with Crippen LogP contribution in [0.4, 0.5) is 5.69 Å². The Morgan fingerprint density at radius 2 is 2.29 bits per heavy atom. The summed E-state index contributed by atoms with van der Waals surface area (Å²) in [6.07, 6.45) is 1.04. The van der Waals surface area contributed by atoms with Gasteiger partial charge in [0.1, 0.15) is 18.0 Å². The van der Waals surface area contributed by atoms with E-state index in [1.54, 1.807) is 7.11 Å². The van der Waals surface area contributed by atoms with Crippen molar-refractivity contribution < 1.29 is 9.47 Å². The largest absolute Gasteiger partial charge is 0.489 e. The Bertz CT molecular complexity index is 312. The minimum absolute atomic E-state index is 0.586. The molecule has 1 aliphatic rings. The number of rotatable bonds is 4. The highest BCUT2D eigenvalue weighted by molar-refractivity contribution is 5.59. The van der Waals surface area contributed by atoms with Crippen LogP contribution in [0.1, 0.15) is 5.56 Å². The summed E-state index contributed by atoms with van der Waals surface area (Å²) in [5, 5.41) is 4.41. The van der Waals surface area contributed by atoms with E-state index in [1.807, 2.05) is 12.1 Å². The molecular formula is C11H14NO2. The molecule has 3 heteroatoms. The van der Waals surface area contributed by atoms with Gasteiger partial charge >= 0.3 is 0 Å². The normalized spacial score (nSPS) is 13.5. The number of para-hydroxylation sites is 1. The molecule has 0 spiro atoms. The van der Waals surface area contributed by atoms with Crippen molar-refractivity contribution in [2.75, 3.05) is 26.9 Å². The Hall–Kier alpha value is -1.22. The highest BCUT2D eigenvalue weighted by Crippen LogP contribution is 2.32. The summed E-state index contributed by atoms with van der Waals surface area (Å²) in [5.74, 6) is 0.886. The van der Waals surface area contributed by atoms with Crippen molar-refractivity contribution in [2.24, 2.45) is 0 Å². The maximum atomic E-state index is 5.57. The fourth-order valence-corrected chi connectivity index (χ4v) is 1.59. The summed E-state index contributed by atoms with van der Waals surface area (Å²) < 4.78 is 10.5. The van der Waals surface area contributed by atoms with E-state index < -0.39 is 0 Å². The second-order valence-corrected chi connectivity index (χ2v) is 3.24. The lowest BCUT2D eigenvalue weighted by molar-refractivity contribution is 0.146. The molecule has 1 heterocycles. The molecule has 2 rings (SSSR count). The van der Waals surface area contributed by atoms with Crippen molar-refractivity contribution in [2.45, 2.75) is 6.42 Å². The summed E-state index contributed by atoms with van der Waals surface area (Å²) in [6, 6.07) is 6.08. The number of ether oxygens (including phenoxy) is 2. The third-order valence-electron chi connectivity index (χ3n) is 2.28. The Labute approximate surface area is 84.0 Å². The monoisotopic (exact) mass is 192 g/mol. The quantitative estimate of drug-likeness (QED) is 0.677. The van der Waals surface area contributed by atoms with Crippen LogP contribution in [-0.4, -0.2) is 26.9 Å². The molecule has 0 saturated carbocycles. The molecule has 1 aromatic rings. The fourth-order valence-electron chi connectivity index (χ4n) is 1.59. The third kappa shape index (κ3) is 1.82. The molecule has 1 aliphatic heterocycles. The summed E-state index contributed by atoms with van der Waals surface area (Å²) in [4.78, 5) is 0. The average Bonchev–Trinajstić information content (AvgIpc) is 2.67. The van der Waals surface area contributed by atoms with Gasteiger partial charge in [-0.2, -0.15) is 0 Å². The Morgan fingerprint density at radius 3 is 3.14 bits per heavy atom. The fraction of sp³-hybridized carbons (Fsp3) is 0.455. The van der Waals surface area contributed by atoms with E-state index in [2.05, 4.69) is 11.4 Å². The number of fused-ring (bicyclic) bond motifs is 1. The number of hydrogen-bond acceptors (Lipinski definition) is 2. The first-order valence-electron chi connectivity index (χ1n) is 4.83. The lowest BCUT2D eigenvalue weighted by Crippen LogP contribution is -2.05. The molecule has 14 heavy (non-hydrogen) atoms. The molecule has 0 amide bonds. The molecule has 0 aromatic heterocycles. The first-order valence-corrected chi connectivity index (χ1v) is 4.83. The predicted octanol–water partition coefficient (Wildman–Crippen LogP) is 1.50. The van der Waals surface area contributed by atoms with Crippen LogP contribution in [0.5, 0.6) is 5.75 Å². The Kier molecular flexibility index (Phi) is 2.89. The van der Waals surface area contributed by atoms with E-state index in [0.717, 1.165) is 24.4 Å². The first kappa shape index (κ1) is 9.34. The van der Waals surface area contributed by atoms with Gasteiger partial charge in [-0.05, 0) is 18.1 Å². The van der Waals surface area contributed by atoms with Crippen LogP contribution in [0.15, 0.2) is 18.2 Å². The zero-order chi connectivity index (χ0) is 9.80. The van der Waals surface area contributed by atoms with Gasteiger partial charge in [-0.25, -0.2) is 0 Å². The minimum atomic E-state index is 0.586. The molecular weight excluding hydrogens is 178 g/mol. The molecule has 0 unspecified atom stereocenters. The van der Waals surface area contributed by atoms with Crippen molar-refractivity contribution in [3.05, 3.63) is 23.8 Å². The highest BCUT2D eigenvalue weighted by Gasteiger charge is 2.15. The van der Waals surface area contributed by atoms with Gasteiger partial charge in [-0.3, -0.25) is 5.32 Å². The first-order chi connectivity index (χ1) is 6.92. The van der Waals surface area contributed by atoms with E-state index in [9.17, 15) is 0 Å². The second kappa shape index (κ2) is 4.33. The molecule has 0 N–H and O–H groups in total. The van der Waals surface area contributed by atoms with Crippen LogP contribution in [0, 0.1) is 0 Å². The standard InChI is InChI=1S/C11H14NO2/c1-13-7-8-14-10-4-2-3-9-5-6-12-11(9)10/h2-4H,5-8H2,1H3. The van der Waals surface area contributed by atoms with Gasteiger partial charge < -0.3 is 9.47 Å². The zero-order valence-corrected chi connectivity index (χ0v) is 8.32. The molecule has 0 atom stereocenters. The van der Waals surface area contributed by atoms with E-state index >= 15 is 0 Å². The molecule has 0 aliphatic carbocycles. The minimum Gasteiger partial charge on any atom is -0.489 e. The smallest absolute Gasteiger partial charge is 0.144 e. The lowest BCUT2D eigenvalue weighted by atomic mass is 10.1. The highest BCUT2D eigenvalue weighted by atomic mass is 16.5. The third-order valence-corrected chi connectivity index (χ3v) is 2.28. The maximum absolute atomic E-state index is 5.57. The molecule has 1 aromatic carbocycles. The summed E-state index contributed by atoms with van der Waals surface area (Å²) >= 11 is 0. The van der Waals surface area contributed by atoms with Crippen molar-refractivity contribution in [3.8, 4) is 5.75 Å². The van der Waals surface area contributed by atoms with Gasteiger partial charge in [0.15, 0.2) is 0 Å². The van der Waals surface area contributed by atoms with Crippen LogP contribution >= 0.6 is 0 Å². The number of hydrogen-bond donors (Lipinski definition) is 0. The van der Waals surface area contributed by atoms with Gasteiger partial charge in [0.25, 0.3) is 0 Å². The van der Waals surface area contributed by atoms with Gasteiger partial charge in [-0.1, -0.05) is 12.1 Å². The Morgan fingerprint density at radius 1 is 1.36 bits per heavy atom. The lowest BCUT2D eigenvalue weighted by Gasteiger charge is -2.09. The van der Waals surface area contributed by atoms with Crippen LogP contribution in [0.2, 0.25) is 0 Å². The van der Waals surface area contributed by atoms with E-state index in [4.69, 9.17) is 9.47 Å². The molecule has 0 fully saturated rings. The molecule has 0 bridgehead atoms. The Balaban J connectivity index is 2.06. The molecule has 0 saturated heterocycles. The topological polar surface area (TPSA) is 32.6 Å². The number of nitrogens with zero attached hydrogens (tertiary/aromatic N) is 1. The van der Waals surface area contributed by atoms with Crippen molar-refractivity contribution >= 4 is 5.69 Å². The van der Waals surface area contributed by atoms with E-state index in [0.29, 0.717) is 13.2 Å². The molecule has 75 valence electrons. The van der Waals surface area contributed by atoms with Crippen LogP contribution in [0.3, 0.4) is 0 Å². The van der Waals surface area contributed by atoms with Crippen LogP contribution < -0.4 is 10.1 Å². The van der Waals surface area contributed by atoms with Gasteiger partial charge in [0.2, 0.25) is 0 Å². The van der Waals surface area contributed by atoms with Crippen LogP contribution in [0.25, 0.3) is 0 Å². The van der Waals surface area contributed by atoms with Crippen molar-refractivity contribution in [1.82, 2.24) is 5.32 Å². The summed E-state index contributed by atoms with van der Waals surface area (Å²) in [6.45, 7) is 2.09. The van der Waals surface area contributed by atoms with Gasteiger partial charge in [0, 0.05) is 13.7 Å². The van der Waals surface area contributed by atoms with Gasteiger partial charge in [0.05, 0.1) is 6.61 Å². The molecule has 3 nitrogen and oxygen atoms in total. The van der Waals surface area contributed by atoms with Crippen molar-refractivity contribution in [1.29, 1.82) is 0 Å². The number of benzene rings is 1. The summed E-state index contributed by atoms with van der Waals surface area (Å²) in [7, 11) is 1.67. The van der Waals surface area contributed by atoms with E-state index in [1.165, 1.54) is 5.56 Å². The SMILES string of the molecule is COCCOc1cccc2c1[N]CC2.